The summed E-state index contributed by atoms with van der Waals surface area (Å²) in [5, 5.41) is 0. The third-order valence-electron chi connectivity index (χ3n) is 3.56. The highest BCUT2D eigenvalue weighted by atomic mass is 15.1. The highest BCUT2D eigenvalue weighted by Crippen LogP contribution is 2.11. The van der Waals surface area contributed by atoms with Crippen LogP contribution in [0.3, 0.4) is 0 Å². The van der Waals surface area contributed by atoms with E-state index >= 15 is 0 Å². The van der Waals surface area contributed by atoms with E-state index in [4.69, 9.17) is 5.73 Å². The van der Waals surface area contributed by atoms with Crippen LogP contribution in [-0.2, 0) is 19.5 Å². The molecule has 0 radical (unpaired) electrons. The number of hydrogen-bond acceptors (Lipinski definition) is 2. The SMILES string of the molecule is CCN(Cc1ccccc1)Cc1ccc(CCN)cc1. The van der Waals surface area contributed by atoms with Gasteiger partial charge in [0, 0.05) is 13.1 Å². The molecule has 2 aromatic rings. The molecule has 2 heteroatoms. The summed E-state index contributed by atoms with van der Waals surface area (Å²) in [6, 6.07) is 19.5. The Labute approximate surface area is 122 Å². The molecule has 0 saturated heterocycles. The molecule has 0 aromatic heterocycles. The minimum Gasteiger partial charge on any atom is -0.330 e. The number of nitrogens with zero attached hydrogens (tertiary/aromatic N) is 1. The summed E-state index contributed by atoms with van der Waals surface area (Å²) in [5.41, 5.74) is 9.63. The van der Waals surface area contributed by atoms with Crippen molar-refractivity contribution >= 4 is 0 Å². The minimum absolute atomic E-state index is 0.717. The van der Waals surface area contributed by atoms with E-state index in [1.54, 1.807) is 0 Å². The number of benzene rings is 2. The lowest BCUT2D eigenvalue weighted by molar-refractivity contribution is 0.271. The second-order valence-electron chi connectivity index (χ2n) is 5.14. The maximum absolute atomic E-state index is 5.58. The second kappa shape index (κ2) is 7.83. The summed E-state index contributed by atoms with van der Waals surface area (Å²) < 4.78 is 0. The fourth-order valence-corrected chi connectivity index (χ4v) is 2.36. The average molecular weight is 268 g/mol. The molecule has 2 aromatic carbocycles. The third kappa shape index (κ3) is 4.48. The van der Waals surface area contributed by atoms with Gasteiger partial charge in [0.2, 0.25) is 0 Å². The van der Waals surface area contributed by atoms with Gasteiger partial charge in [-0.3, -0.25) is 4.90 Å². The summed E-state index contributed by atoms with van der Waals surface area (Å²) in [5.74, 6) is 0. The molecular formula is C18H24N2. The molecular weight excluding hydrogens is 244 g/mol. The molecule has 0 fully saturated rings. The van der Waals surface area contributed by atoms with Crippen molar-refractivity contribution in [3.63, 3.8) is 0 Å². The van der Waals surface area contributed by atoms with Crippen LogP contribution in [0.25, 0.3) is 0 Å². The predicted octanol–water partition coefficient (Wildman–Crippen LogP) is 3.21. The van der Waals surface area contributed by atoms with Crippen molar-refractivity contribution in [3.05, 3.63) is 71.3 Å². The van der Waals surface area contributed by atoms with E-state index in [1.165, 1.54) is 16.7 Å². The second-order valence-corrected chi connectivity index (χ2v) is 5.14. The van der Waals surface area contributed by atoms with Crippen LogP contribution in [-0.4, -0.2) is 18.0 Å². The normalized spacial score (nSPS) is 10.9. The first kappa shape index (κ1) is 14.8. The summed E-state index contributed by atoms with van der Waals surface area (Å²) in [4.78, 5) is 2.45. The lowest BCUT2D eigenvalue weighted by Crippen LogP contribution is -2.22. The lowest BCUT2D eigenvalue weighted by atomic mass is 10.1. The monoisotopic (exact) mass is 268 g/mol. The van der Waals surface area contributed by atoms with Crippen molar-refractivity contribution in [1.29, 1.82) is 0 Å². The van der Waals surface area contributed by atoms with Gasteiger partial charge in [-0.1, -0.05) is 61.5 Å². The van der Waals surface area contributed by atoms with Gasteiger partial charge in [0.15, 0.2) is 0 Å². The number of nitrogens with two attached hydrogens (primary N) is 1. The van der Waals surface area contributed by atoms with E-state index in [9.17, 15) is 0 Å². The van der Waals surface area contributed by atoms with Crippen LogP contribution >= 0.6 is 0 Å². The molecule has 0 aliphatic carbocycles. The first-order valence-electron chi connectivity index (χ1n) is 7.36. The van der Waals surface area contributed by atoms with Crippen molar-refractivity contribution in [2.24, 2.45) is 5.73 Å². The third-order valence-corrected chi connectivity index (χ3v) is 3.56. The maximum Gasteiger partial charge on any atom is 0.0237 e. The molecule has 2 rings (SSSR count). The van der Waals surface area contributed by atoms with Gasteiger partial charge in [0.05, 0.1) is 0 Å². The van der Waals surface area contributed by atoms with Gasteiger partial charge in [-0.15, -0.1) is 0 Å². The molecule has 0 spiro atoms. The molecule has 0 aliphatic heterocycles. The van der Waals surface area contributed by atoms with Crippen LogP contribution in [0.2, 0.25) is 0 Å². The summed E-state index contributed by atoms with van der Waals surface area (Å²) in [6.45, 7) is 5.98. The number of rotatable bonds is 7. The zero-order valence-electron chi connectivity index (χ0n) is 12.3. The van der Waals surface area contributed by atoms with Crippen molar-refractivity contribution in [3.8, 4) is 0 Å². The van der Waals surface area contributed by atoms with Crippen LogP contribution in [0.5, 0.6) is 0 Å². The van der Waals surface area contributed by atoms with E-state index in [1.807, 2.05) is 0 Å². The summed E-state index contributed by atoms with van der Waals surface area (Å²) in [6.07, 6.45) is 0.960. The molecule has 0 saturated carbocycles. The lowest BCUT2D eigenvalue weighted by Gasteiger charge is -2.20. The van der Waals surface area contributed by atoms with Crippen LogP contribution in [0.15, 0.2) is 54.6 Å². The topological polar surface area (TPSA) is 29.3 Å². The van der Waals surface area contributed by atoms with Crippen molar-refractivity contribution in [1.82, 2.24) is 4.90 Å². The highest BCUT2D eigenvalue weighted by molar-refractivity contribution is 5.23. The molecule has 0 aliphatic rings. The van der Waals surface area contributed by atoms with Crippen molar-refractivity contribution < 1.29 is 0 Å². The molecule has 0 unspecified atom stereocenters. The Hall–Kier alpha value is -1.64. The first-order chi connectivity index (χ1) is 9.81. The molecule has 0 heterocycles. The van der Waals surface area contributed by atoms with E-state index in [0.717, 1.165) is 26.1 Å². The zero-order valence-corrected chi connectivity index (χ0v) is 12.3. The Bertz CT molecular complexity index is 491. The van der Waals surface area contributed by atoms with E-state index in [2.05, 4.69) is 66.4 Å². The zero-order chi connectivity index (χ0) is 14.2. The van der Waals surface area contributed by atoms with Crippen LogP contribution in [0, 0.1) is 0 Å². The van der Waals surface area contributed by atoms with Crippen molar-refractivity contribution in [2.75, 3.05) is 13.1 Å². The Balaban J connectivity index is 1.95. The van der Waals surface area contributed by atoms with E-state index in [-0.39, 0.29) is 0 Å². The smallest absolute Gasteiger partial charge is 0.0237 e. The van der Waals surface area contributed by atoms with Gasteiger partial charge in [0.25, 0.3) is 0 Å². The Morgan fingerprint density at radius 1 is 0.800 bits per heavy atom. The van der Waals surface area contributed by atoms with Crippen LogP contribution in [0.1, 0.15) is 23.6 Å². The van der Waals surface area contributed by atoms with Gasteiger partial charge in [-0.25, -0.2) is 0 Å². The molecule has 106 valence electrons. The average Bonchev–Trinajstić information content (AvgIpc) is 2.50. The van der Waals surface area contributed by atoms with Crippen molar-refractivity contribution in [2.45, 2.75) is 26.4 Å². The fourth-order valence-electron chi connectivity index (χ4n) is 2.36. The molecule has 0 atom stereocenters. The fraction of sp³-hybridized carbons (Fsp3) is 0.333. The molecule has 20 heavy (non-hydrogen) atoms. The van der Waals surface area contributed by atoms with Gasteiger partial charge in [0.1, 0.15) is 0 Å². The van der Waals surface area contributed by atoms with Crippen LogP contribution < -0.4 is 5.73 Å². The maximum atomic E-state index is 5.58. The quantitative estimate of drug-likeness (QED) is 0.835. The Morgan fingerprint density at radius 2 is 1.35 bits per heavy atom. The highest BCUT2D eigenvalue weighted by Gasteiger charge is 2.04. The molecule has 2 N–H and O–H groups in total. The Morgan fingerprint density at radius 3 is 1.90 bits per heavy atom. The van der Waals surface area contributed by atoms with E-state index in [0.29, 0.717) is 6.54 Å². The molecule has 2 nitrogen and oxygen atoms in total. The molecule has 0 bridgehead atoms. The Kier molecular flexibility index (Phi) is 5.78. The van der Waals surface area contributed by atoms with Gasteiger partial charge < -0.3 is 5.73 Å². The summed E-state index contributed by atoms with van der Waals surface area (Å²) in [7, 11) is 0. The molecule has 0 amide bonds. The number of hydrogen-bond donors (Lipinski definition) is 1. The predicted molar refractivity (Wildman–Crippen MR) is 85.4 cm³/mol. The first-order valence-corrected chi connectivity index (χ1v) is 7.36. The van der Waals surface area contributed by atoms with Gasteiger partial charge >= 0.3 is 0 Å². The summed E-state index contributed by atoms with van der Waals surface area (Å²) >= 11 is 0. The standard InChI is InChI=1S/C18H24N2/c1-2-20(14-17-6-4-3-5-7-17)15-18-10-8-16(9-11-18)12-13-19/h3-11H,2,12-15,19H2,1H3. The van der Waals surface area contributed by atoms with Gasteiger partial charge in [-0.2, -0.15) is 0 Å². The van der Waals surface area contributed by atoms with Gasteiger partial charge in [-0.05, 0) is 36.2 Å². The van der Waals surface area contributed by atoms with Crippen LogP contribution in [0.4, 0.5) is 0 Å². The largest absolute Gasteiger partial charge is 0.330 e. The van der Waals surface area contributed by atoms with E-state index < -0.39 is 0 Å². The minimum atomic E-state index is 0.717.